The Balaban J connectivity index is 2.31. The lowest BCUT2D eigenvalue weighted by atomic mass is 10.2. The van der Waals surface area contributed by atoms with Crippen molar-refractivity contribution in [3.05, 3.63) is 46.3 Å². The first-order chi connectivity index (χ1) is 8.61. The van der Waals surface area contributed by atoms with E-state index in [1.54, 1.807) is 18.2 Å². The van der Waals surface area contributed by atoms with Gasteiger partial charge in [0.15, 0.2) is 11.5 Å². The zero-order valence-corrected chi connectivity index (χ0v) is 10.9. The lowest BCUT2D eigenvalue weighted by Gasteiger charge is -2.11. The van der Waals surface area contributed by atoms with E-state index in [0.717, 1.165) is 0 Å². The second-order valence-corrected chi connectivity index (χ2v) is 4.24. The molecule has 0 fully saturated rings. The Morgan fingerprint density at radius 1 is 1.39 bits per heavy atom. The number of amides is 1. The van der Waals surface area contributed by atoms with Gasteiger partial charge in [0.1, 0.15) is 0 Å². The molecule has 18 heavy (non-hydrogen) atoms. The van der Waals surface area contributed by atoms with E-state index in [0.29, 0.717) is 21.5 Å². The summed E-state index contributed by atoms with van der Waals surface area (Å²) in [5.41, 5.74) is 0.386. The van der Waals surface area contributed by atoms with E-state index < -0.39 is 5.91 Å². The molecule has 1 aromatic heterocycles. The Morgan fingerprint density at radius 2 is 2.17 bits per heavy atom. The summed E-state index contributed by atoms with van der Waals surface area (Å²) in [7, 11) is 1.46. The minimum Gasteiger partial charge on any atom is -0.493 e. The van der Waals surface area contributed by atoms with Crippen molar-refractivity contribution in [3.8, 4) is 5.75 Å². The quantitative estimate of drug-likeness (QED) is 0.932. The maximum atomic E-state index is 11.8. The molecule has 0 saturated heterocycles. The number of furan rings is 1. The van der Waals surface area contributed by atoms with Gasteiger partial charge in [0, 0.05) is 5.02 Å². The molecule has 2 aromatic rings. The number of carbonyl (C=O) groups excluding carboxylic acids is 1. The van der Waals surface area contributed by atoms with Crippen LogP contribution < -0.4 is 10.1 Å². The maximum Gasteiger partial charge on any atom is 0.291 e. The first-order valence-corrected chi connectivity index (χ1v) is 5.75. The van der Waals surface area contributed by atoms with Crippen LogP contribution in [-0.4, -0.2) is 13.0 Å². The summed E-state index contributed by atoms with van der Waals surface area (Å²) in [6.07, 6.45) is 1.41. The van der Waals surface area contributed by atoms with Gasteiger partial charge < -0.3 is 14.5 Å². The van der Waals surface area contributed by atoms with Crippen molar-refractivity contribution < 1.29 is 13.9 Å². The number of methoxy groups -OCH3 is 1. The fourth-order valence-electron chi connectivity index (χ4n) is 1.45. The number of ether oxygens (including phenoxy) is 1. The van der Waals surface area contributed by atoms with E-state index in [-0.39, 0.29) is 5.76 Å². The molecule has 0 aliphatic heterocycles. The molecule has 6 heteroatoms. The van der Waals surface area contributed by atoms with Gasteiger partial charge in [-0.2, -0.15) is 0 Å². The zero-order valence-electron chi connectivity index (χ0n) is 9.37. The van der Waals surface area contributed by atoms with Crippen LogP contribution in [0.15, 0.2) is 34.9 Å². The largest absolute Gasteiger partial charge is 0.493 e. The molecule has 0 atom stereocenters. The third kappa shape index (κ3) is 2.60. The van der Waals surface area contributed by atoms with Gasteiger partial charge in [-0.1, -0.05) is 23.2 Å². The molecule has 1 heterocycles. The highest BCUT2D eigenvalue weighted by atomic mass is 35.5. The first-order valence-electron chi connectivity index (χ1n) is 4.99. The minimum absolute atomic E-state index is 0.188. The van der Waals surface area contributed by atoms with Crippen LogP contribution >= 0.6 is 23.2 Å². The molecule has 0 aliphatic carbocycles. The van der Waals surface area contributed by atoms with Crippen LogP contribution in [0.3, 0.4) is 0 Å². The molecule has 1 amide bonds. The third-order valence-corrected chi connectivity index (χ3v) is 2.70. The van der Waals surface area contributed by atoms with Crippen molar-refractivity contribution in [1.29, 1.82) is 0 Å². The monoisotopic (exact) mass is 285 g/mol. The Kier molecular flexibility index (Phi) is 3.79. The number of nitrogens with one attached hydrogen (secondary N) is 1. The van der Waals surface area contributed by atoms with E-state index in [1.165, 1.54) is 19.4 Å². The molecule has 4 nitrogen and oxygen atoms in total. The average molecular weight is 286 g/mol. The number of hydrogen-bond acceptors (Lipinski definition) is 3. The van der Waals surface area contributed by atoms with Crippen molar-refractivity contribution in [1.82, 2.24) is 0 Å². The summed E-state index contributed by atoms with van der Waals surface area (Å²) in [4.78, 5) is 11.8. The molecule has 1 aromatic carbocycles. The first kappa shape index (κ1) is 12.8. The molecule has 0 saturated carbocycles. The van der Waals surface area contributed by atoms with Gasteiger partial charge in [-0.15, -0.1) is 0 Å². The molecular formula is C12H9Cl2NO3. The number of anilines is 1. The minimum atomic E-state index is -0.406. The molecule has 0 spiro atoms. The lowest BCUT2D eigenvalue weighted by molar-refractivity contribution is 0.0996. The van der Waals surface area contributed by atoms with Crippen LogP contribution in [0.2, 0.25) is 10.0 Å². The lowest BCUT2D eigenvalue weighted by Crippen LogP contribution is -2.11. The topological polar surface area (TPSA) is 51.5 Å². The van der Waals surface area contributed by atoms with Gasteiger partial charge >= 0.3 is 0 Å². The average Bonchev–Trinajstić information content (AvgIpc) is 2.81. The summed E-state index contributed by atoms with van der Waals surface area (Å²) in [5.74, 6) is 0.130. The van der Waals surface area contributed by atoms with Crippen LogP contribution in [0.4, 0.5) is 5.69 Å². The Morgan fingerprint density at radius 3 is 2.78 bits per heavy atom. The predicted octanol–water partition coefficient (Wildman–Crippen LogP) is 3.85. The number of carbonyl (C=O) groups is 1. The number of hydrogen-bond donors (Lipinski definition) is 1. The molecule has 0 bridgehead atoms. The summed E-state index contributed by atoms with van der Waals surface area (Å²) in [5, 5.41) is 3.34. The van der Waals surface area contributed by atoms with Crippen LogP contribution in [0.1, 0.15) is 10.6 Å². The molecule has 2 rings (SSSR count). The van der Waals surface area contributed by atoms with Crippen molar-refractivity contribution >= 4 is 34.8 Å². The fourth-order valence-corrected chi connectivity index (χ4v) is 2.02. The van der Waals surface area contributed by atoms with E-state index in [9.17, 15) is 4.79 Å². The smallest absolute Gasteiger partial charge is 0.291 e. The number of benzene rings is 1. The highest BCUT2D eigenvalue weighted by Crippen LogP contribution is 2.36. The number of rotatable bonds is 3. The van der Waals surface area contributed by atoms with Crippen molar-refractivity contribution in [3.63, 3.8) is 0 Å². The van der Waals surface area contributed by atoms with Gasteiger partial charge in [-0.05, 0) is 24.3 Å². The van der Waals surface area contributed by atoms with Crippen molar-refractivity contribution in [2.45, 2.75) is 0 Å². The second kappa shape index (κ2) is 5.33. The summed E-state index contributed by atoms with van der Waals surface area (Å²) >= 11 is 11.8. The van der Waals surface area contributed by atoms with E-state index >= 15 is 0 Å². The standard InChI is InChI=1S/C12H9Cl2NO3/c1-17-11-8(14)5-7(13)6-9(11)15-12(16)10-3-2-4-18-10/h2-6H,1H3,(H,15,16). The van der Waals surface area contributed by atoms with Gasteiger partial charge in [-0.25, -0.2) is 0 Å². The van der Waals surface area contributed by atoms with Crippen LogP contribution in [0.25, 0.3) is 0 Å². The van der Waals surface area contributed by atoms with Crippen molar-refractivity contribution in [2.24, 2.45) is 0 Å². The molecular weight excluding hydrogens is 277 g/mol. The Hall–Kier alpha value is -1.65. The molecule has 0 radical (unpaired) electrons. The van der Waals surface area contributed by atoms with E-state index in [2.05, 4.69) is 5.32 Å². The highest BCUT2D eigenvalue weighted by Gasteiger charge is 2.15. The summed E-state index contributed by atoms with van der Waals surface area (Å²) < 4.78 is 10.1. The zero-order chi connectivity index (χ0) is 13.1. The van der Waals surface area contributed by atoms with Crippen molar-refractivity contribution in [2.75, 3.05) is 12.4 Å². The SMILES string of the molecule is COc1c(Cl)cc(Cl)cc1NC(=O)c1ccco1. The van der Waals surface area contributed by atoms with Crippen LogP contribution in [0.5, 0.6) is 5.75 Å². The molecule has 0 unspecified atom stereocenters. The molecule has 94 valence electrons. The summed E-state index contributed by atoms with van der Waals surface area (Å²) in [6, 6.07) is 6.25. The molecule has 0 aliphatic rings. The van der Waals surface area contributed by atoms with Gasteiger partial charge in [-0.3, -0.25) is 4.79 Å². The fraction of sp³-hybridized carbons (Fsp3) is 0.0833. The Bertz CT molecular complexity index is 567. The Labute approximate surface area is 113 Å². The van der Waals surface area contributed by atoms with Gasteiger partial charge in [0.2, 0.25) is 0 Å². The van der Waals surface area contributed by atoms with Crippen LogP contribution in [-0.2, 0) is 0 Å². The van der Waals surface area contributed by atoms with Gasteiger partial charge in [0.25, 0.3) is 5.91 Å². The second-order valence-electron chi connectivity index (χ2n) is 3.40. The van der Waals surface area contributed by atoms with Gasteiger partial charge in [0.05, 0.1) is 24.1 Å². The normalized spacial score (nSPS) is 10.2. The molecule has 1 N–H and O–H groups in total. The number of halogens is 2. The highest BCUT2D eigenvalue weighted by molar-refractivity contribution is 6.36. The van der Waals surface area contributed by atoms with E-state index in [4.69, 9.17) is 32.4 Å². The maximum absolute atomic E-state index is 11.8. The third-order valence-electron chi connectivity index (χ3n) is 2.21. The summed E-state index contributed by atoms with van der Waals surface area (Å²) in [6.45, 7) is 0. The van der Waals surface area contributed by atoms with Crippen LogP contribution in [0, 0.1) is 0 Å². The predicted molar refractivity (Wildman–Crippen MR) is 69.7 cm³/mol. The van der Waals surface area contributed by atoms with E-state index in [1.807, 2.05) is 0 Å².